The fourth-order valence-corrected chi connectivity index (χ4v) is 1.66. The van der Waals surface area contributed by atoms with Crippen molar-refractivity contribution in [2.24, 2.45) is 5.41 Å². The van der Waals surface area contributed by atoms with Crippen LogP contribution in [0.3, 0.4) is 0 Å². The van der Waals surface area contributed by atoms with Crippen LogP contribution < -0.4 is 0 Å². The van der Waals surface area contributed by atoms with E-state index in [9.17, 15) is 0 Å². The van der Waals surface area contributed by atoms with Crippen LogP contribution in [-0.4, -0.2) is 0 Å². The quantitative estimate of drug-likeness (QED) is 0.556. The van der Waals surface area contributed by atoms with E-state index in [2.05, 4.69) is 31.7 Å². The first-order valence-electron chi connectivity index (χ1n) is 5.75. The Kier molecular flexibility index (Phi) is 6.27. The summed E-state index contributed by atoms with van der Waals surface area (Å²) in [6.07, 6.45) is 12.3. The molecule has 0 N–H and O–H groups in total. The molecule has 14 heavy (non-hydrogen) atoms. The standard InChI is InChI=1S/C12H18.C2H6/c1-4-7-8-11(5-2)12(6-3)9-10-12;1-2/h4-5,7-8H,2,6,9-10H2,1,3H3;1-2H3/b7-4-,11-8+;. The van der Waals surface area contributed by atoms with Gasteiger partial charge in [-0.1, -0.05) is 51.7 Å². The van der Waals surface area contributed by atoms with Gasteiger partial charge >= 0.3 is 0 Å². The average molecular weight is 192 g/mol. The molecule has 1 fully saturated rings. The predicted octanol–water partition coefficient (Wildman–Crippen LogP) is 4.89. The predicted molar refractivity (Wildman–Crippen MR) is 66.4 cm³/mol. The van der Waals surface area contributed by atoms with Crippen LogP contribution in [-0.2, 0) is 0 Å². The molecule has 1 aliphatic rings. The Morgan fingerprint density at radius 2 is 1.93 bits per heavy atom. The zero-order chi connectivity index (χ0) is 11.0. The summed E-state index contributed by atoms with van der Waals surface area (Å²) < 4.78 is 0. The molecule has 0 radical (unpaired) electrons. The summed E-state index contributed by atoms with van der Waals surface area (Å²) in [6, 6.07) is 0. The summed E-state index contributed by atoms with van der Waals surface area (Å²) in [4.78, 5) is 0. The Morgan fingerprint density at radius 1 is 1.36 bits per heavy atom. The van der Waals surface area contributed by atoms with Gasteiger partial charge in [0.2, 0.25) is 0 Å². The van der Waals surface area contributed by atoms with Crippen molar-refractivity contribution in [1.82, 2.24) is 0 Å². The minimum atomic E-state index is 0.501. The van der Waals surface area contributed by atoms with Gasteiger partial charge in [-0.2, -0.15) is 0 Å². The molecule has 0 aromatic carbocycles. The van der Waals surface area contributed by atoms with Gasteiger partial charge in [0, 0.05) is 0 Å². The maximum absolute atomic E-state index is 3.87. The molecule has 0 heteroatoms. The van der Waals surface area contributed by atoms with E-state index in [4.69, 9.17) is 0 Å². The molecule has 0 heterocycles. The van der Waals surface area contributed by atoms with Crippen LogP contribution in [0.5, 0.6) is 0 Å². The first kappa shape index (κ1) is 13.2. The highest BCUT2D eigenvalue weighted by atomic mass is 14.5. The molecule has 0 atom stereocenters. The van der Waals surface area contributed by atoms with Crippen LogP contribution in [0.15, 0.2) is 36.5 Å². The molecule has 1 aliphatic carbocycles. The van der Waals surface area contributed by atoms with Crippen molar-refractivity contribution in [2.45, 2.75) is 47.0 Å². The minimum absolute atomic E-state index is 0.501. The molecule has 0 aromatic rings. The number of allylic oxidation sites excluding steroid dienone is 5. The van der Waals surface area contributed by atoms with E-state index in [1.54, 1.807) is 0 Å². The van der Waals surface area contributed by atoms with Crippen molar-refractivity contribution in [3.8, 4) is 0 Å². The van der Waals surface area contributed by atoms with Gasteiger partial charge in [0.15, 0.2) is 0 Å². The van der Waals surface area contributed by atoms with E-state index < -0.39 is 0 Å². The summed E-state index contributed by atoms with van der Waals surface area (Å²) in [6.45, 7) is 12.2. The molecule has 0 amide bonds. The van der Waals surface area contributed by atoms with Crippen LogP contribution in [0.1, 0.15) is 47.0 Å². The Labute approximate surface area is 89.4 Å². The molecule has 80 valence electrons. The highest BCUT2D eigenvalue weighted by Gasteiger charge is 2.42. The second-order valence-corrected chi connectivity index (χ2v) is 3.49. The third kappa shape index (κ3) is 3.17. The average Bonchev–Trinajstić information content (AvgIpc) is 3.03. The maximum atomic E-state index is 3.87. The fourth-order valence-electron chi connectivity index (χ4n) is 1.66. The van der Waals surface area contributed by atoms with Gasteiger partial charge in [-0.15, -0.1) is 0 Å². The van der Waals surface area contributed by atoms with Crippen molar-refractivity contribution in [3.05, 3.63) is 36.5 Å². The van der Waals surface area contributed by atoms with Crippen LogP contribution in [0, 0.1) is 5.41 Å². The highest BCUT2D eigenvalue weighted by molar-refractivity contribution is 5.33. The van der Waals surface area contributed by atoms with Crippen LogP contribution >= 0.6 is 0 Å². The second-order valence-electron chi connectivity index (χ2n) is 3.49. The van der Waals surface area contributed by atoms with Gasteiger partial charge < -0.3 is 0 Å². The fraction of sp³-hybridized carbons (Fsp3) is 0.571. The van der Waals surface area contributed by atoms with Gasteiger partial charge in [-0.3, -0.25) is 0 Å². The molecular formula is C14H24. The van der Waals surface area contributed by atoms with E-state index in [-0.39, 0.29) is 0 Å². The van der Waals surface area contributed by atoms with Crippen molar-refractivity contribution in [2.75, 3.05) is 0 Å². The number of hydrogen-bond donors (Lipinski definition) is 0. The van der Waals surface area contributed by atoms with Gasteiger partial charge in [0.05, 0.1) is 0 Å². The summed E-state index contributed by atoms with van der Waals surface area (Å²) in [5.41, 5.74) is 1.92. The molecule has 0 bridgehead atoms. The third-order valence-electron chi connectivity index (χ3n) is 2.83. The van der Waals surface area contributed by atoms with Crippen LogP contribution in [0.4, 0.5) is 0 Å². The molecule has 0 saturated heterocycles. The second kappa shape index (κ2) is 6.64. The lowest BCUT2D eigenvalue weighted by atomic mass is 9.92. The molecule has 1 rings (SSSR count). The Morgan fingerprint density at radius 3 is 2.21 bits per heavy atom. The van der Waals surface area contributed by atoms with E-state index in [1.165, 1.54) is 24.8 Å². The largest absolute Gasteiger partial charge is 0.0988 e. The van der Waals surface area contributed by atoms with Gasteiger partial charge in [0.1, 0.15) is 0 Å². The maximum Gasteiger partial charge on any atom is -0.00492 e. The van der Waals surface area contributed by atoms with Crippen molar-refractivity contribution in [1.29, 1.82) is 0 Å². The van der Waals surface area contributed by atoms with Crippen molar-refractivity contribution < 1.29 is 0 Å². The van der Waals surface area contributed by atoms with E-state index >= 15 is 0 Å². The van der Waals surface area contributed by atoms with Crippen LogP contribution in [0.2, 0.25) is 0 Å². The Bertz CT molecular complexity index is 214. The lowest BCUT2D eigenvalue weighted by molar-refractivity contribution is 0.598. The zero-order valence-electron chi connectivity index (χ0n) is 10.1. The SMILES string of the molecule is C=C/C(=C\C=C/C)C1(CC)CC1.CC. The summed E-state index contributed by atoms with van der Waals surface area (Å²) in [7, 11) is 0. The number of hydrogen-bond acceptors (Lipinski definition) is 0. The highest BCUT2D eigenvalue weighted by Crippen LogP contribution is 2.54. The monoisotopic (exact) mass is 192 g/mol. The lowest BCUT2D eigenvalue weighted by Gasteiger charge is -2.12. The van der Waals surface area contributed by atoms with Crippen molar-refractivity contribution in [3.63, 3.8) is 0 Å². The van der Waals surface area contributed by atoms with Gasteiger partial charge in [-0.05, 0) is 37.2 Å². The zero-order valence-corrected chi connectivity index (χ0v) is 10.1. The molecular weight excluding hydrogens is 168 g/mol. The van der Waals surface area contributed by atoms with Gasteiger partial charge in [0.25, 0.3) is 0 Å². The third-order valence-corrected chi connectivity index (χ3v) is 2.83. The smallest absolute Gasteiger partial charge is 0.00492 e. The first-order valence-corrected chi connectivity index (χ1v) is 5.75. The molecule has 0 unspecified atom stereocenters. The molecule has 0 aromatic heterocycles. The summed E-state index contributed by atoms with van der Waals surface area (Å²) in [5, 5.41) is 0. The Hall–Kier alpha value is -0.780. The van der Waals surface area contributed by atoms with E-state index in [0.717, 1.165) is 0 Å². The molecule has 1 saturated carbocycles. The van der Waals surface area contributed by atoms with E-state index in [1.807, 2.05) is 26.8 Å². The Balaban J connectivity index is 0.000000791. The molecule has 0 nitrogen and oxygen atoms in total. The number of rotatable bonds is 4. The lowest BCUT2D eigenvalue weighted by Crippen LogP contribution is -1.99. The minimum Gasteiger partial charge on any atom is -0.0988 e. The van der Waals surface area contributed by atoms with Crippen molar-refractivity contribution >= 4 is 0 Å². The first-order chi connectivity index (χ1) is 6.79. The summed E-state index contributed by atoms with van der Waals surface area (Å²) >= 11 is 0. The van der Waals surface area contributed by atoms with Gasteiger partial charge in [-0.25, -0.2) is 0 Å². The summed E-state index contributed by atoms with van der Waals surface area (Å²) in [5.74, 6) is 0. The molecule has 0 spiro atoms. The van der Waals surface area contributed by atoms with E-state index in [0.29, 0.717) is 5.41 Å². The molecule has 0 aliphatic heterocycles. The normalized spacial score (nSPS) is 18.7. The van der Waals surface area contributed by atoms with Crippen LogP contribution in [0.25, 0.3) is 0 Å². The topological polar surface area (TPSA) is 0 Å².